The van der Waals surface area contributed by atoms with Gasteiger partial charge in [-0.05, 0) is 32.4 Å². The molecular formula is C22H24N8S2. The molecule has 0 bridgehead atoms. The van der Waals surface area contributed by atoms with E-state index >= 15 is 0 Å². The number of nitrogens with zero attached hydrogens (tertiary/aromatic N) is 7. The number of aliphatic imine (C=N–C) groups is 1. The lowest BCUT2D eigenvalue weighted by molar-refractivity contribution is 0.181. The molecular weight excluding hydrogens is 440 g/mol. The molecule has 0 saturated carbocycles. The monoisotopic (exact) mass is 464 g/mol. The summed E-state index contributed by atoms with van der Waals surface area (Å²) in [4.78, 5) is 26.0. The van der Waals surface area contributed by atoms with Crippen molar-refractivity contribution in [2.75, 3.05) is 25.5 Å². The molecule has 1 N–H and O–H groups in total. The summed E-state index contributed by atoms with van der Waals surface area (Å²) in [5.74, 6) is 0. The van der Waals surface area contributed by atoms with Crippen LogP contribution in [-0.2, 0) is 6.42 Å². The average molecular weight is 465 g/mol. The van der Waals surface area contributed by atoms with E-state index in [1.54, 1.807) is 22.7 Å². The maximum atomic E-state index is 4.94. The third-order valence-electron chi connectivity index (χ3n) is 6.68. The van der Waals surface area contributed by atoms with Crippen LogP contribution in [0.4, 0.5) is 10.8 Å². The molecule has 0 amide bonds. The number of rotatable bonds is 4. The summed E-state index contributed by atoms with van der Waals surface area (Å²) in [6.45, 7) is 3.43. The highest BCUT2D eigenvalue weighted by Crippen LogP contribution is 2.43. The summed E-state index contributed by atoms with van der Waals surface area (Å²) < 4.78 is 0. The normalized spacial score (nSPS) is 20.8. The summed E-state index contributed by atoms with van der Waals surface area (Å²) in [6.07, 6.45) is 10.7. The first-order valence-electron chi connectivity index (χ1n) is 10.8. The molecule has 4 aromatic heterocycles. The van der Waals surface area contributed by atoms with Gasteiger partial charge < -0.3 is 9.80 Å². The van der Waals surface area contributed by atoms with Crippen LogP contribution in [0.2, 0.25) is 0 Å². The van der Waals surface area contributed by atoms with Crippen LogP contribution < -0.4 is 4.90 Å². The average Bonchev–Trinajstić information content (AvgIpc) is 3.57. The van der Waals surface area contributed by atoms with Gasteiger partial charge in [-0.3, -0.25) is 15.1 Å². The number of likely N-dealkylation sites (tertiary alicyclic amines) is 1. The second kappa shape index (κ2) is 7.72. The van der Waals surface area contributed by atoms with Crippen LogP contribution in [0.3, 0.4) is 0 Å². The number of nitrogens with one attached hydrogen (secondary N) is 1. The first-order valence-corrected chi connectivity index (χ1v) is 12.5. The maximum absolute atomic E-state index is 4.94. The zero-order valence-corrected chi connectivity index (χ0v) is 19.9. The van der Waals surface area contributed by atoms with Crippen LogP contribution >= 0.6 is 22.7 Å². The van der Waals surface area contributed by atoms with Gasteiger partial charge in [0.1, 0.15) is 10.7 Å². The van der Waals surface area contributed by atoms with Gasteiger partial charge in [0.25, 0.3) is 0 Å². The van der Waals surface area contributed by atoms with Crippen molar-refractivity contribution >= 4 is 49.4 Å². The molecule has 1 saturated heterocycles. The van der Waals surface area contributed by atoms with Crippen LogP contribution in [0.15, 0.2) is 23.6 Å². The van der Waals surface area contributed by atoms with E-state index in [4.69, 9.17) is 15.0 Å². The van der Waals surface area contributed by atoms with Crippen LogP contribution in [0.5, 0.6) is 0 Å². The minimum atomic E-state index is 0.524. The zero-order valence-electron chi connectivity index (χ0n) is 18.2. The number of pyridine rings is 1. The molecule has 6 rings (SSSR count). The molecule has 6 heterocycles. The van der Waals surface area contributed by atoms with Gasteiger partial charge in [0.15, 0.2) is 14.8 Å². The molecule has 0 aliphatic carbocycles. The minimum Gasteiger partial charge on any atom is -0.348 e. The van der Waals surface area contributed by atoms with Gasteiger partial charge in [-0.1, -0.05) is 22.7 Å². The maximum Gasteiger partial charge on any atom is 0.188 e. The topological polar surface area (TPSA) is 86.2 Å². The summed E-state index contributed by atoms with van der Waals surface area (Å²) in [5.41, 5.74) is 5.05. The highest BCUT2D eigenvalue weighted by Gasteiger charge is 2.28. The second-order valence-electron chi connectivity index (χ2n) is 8.59. The van der Waals surface area contributed by atoms with Gasteiger partial charge in [-0.2, -0.15) is 5.10 Å². The van der Waals surface area contributed by atoms with E-state index in [-0.39, 0.29) is 0 Å². The van der Waals surface area contributed by atoms with Gasteiger partial charge in [-0.25, -0.2) is 9.97 Å². The van der Waals surface area contributed by atoms with Crippen molar-refractivity contribution < 1.29 is 0 Å². The summed E-state index contributed by atoms with van der Waals surface area (Å²) in [6, 6.07) is 1.12. The second-order valence-corrected chi connectivity index (χ2v) is 10.5. The summed E-state index contributed by atoms with van der Waals surface area (Å²) in [5, 5.41) is 8.89. The van der Waals surface area contributed by atoms with Crippen LogP contribution in [0, 0.1) is 0 Å². The summed E-state index contributed by atoms with van der Waals surface area (Å²) in [7, 11) is 4.38. The van der Waals surface area contributed by atoms with E-state index in [1.165, 1.54) is 12.0 Å². The molecule has 4 aromatic rings. The van der Waals surface area contributed by atoms with Crippen molar-refractivity contribution in [2.45, 2.75) is 38.3 Å². The third-order valence-corrected chi connectivity index (χ3v) is 8.81. The molecule has 2 atom stereocenters. The highest BCUT2D eigenvalue weighted by atomic mass is 32.1. The third kappa shape index (κ3) is 3.25. The van der Waals surface area contributed by atoms with E-state index < -0.39 is 0 Å². The predicted octanol–water partition coefficient (Wildman–Crippen LogP) is 4.38. The van der Waals surface area contributed by atoms with Gasteiger partial charge >= 0.3 is 0 Å². The molecule has 0 radical (unpaired) electrons. The van der Waals surface area contributed by atoms with Crippen molar-refractivity contribution in [2.24, 2.45) is 4.99 Å². The Balaban J connectivity index is 1.31. The Morgan fingerprint density at radius 2 is 2.06 bits per heavy atom. The highest BCUT2D eigenvalue weighted by molar-refractivity contribution is 7.29. The van der Waals surface area contributed by atoms with Crippen LogP contribution in [0.1, 0.15) is 25.3 Å². The fraction of sp³-hybridized carbons (Fsp3) is 0.409. The van der Waals surface area contributed by atoms with Gasteiger partial charge in [0.2, 0.25) is 0 Å². The summed E-state index contributed by atoms with van der Waals surface area (Å²) >= 11 is 3.28. The first-order chi connectivity index (χ1) is 15.6. The van der Waals surface area contributed by atoms with E-state index in [2.05, 4.69) is 46.0 Å². The number of fused-ring (bicyclic) bond motifs is 2. The molecule has 164 valence electrons. The molecule has 10 heteroatoms. The number of aromatic nitrogens is 5. The van der Waals surface area contributed by atoms with Crippen molar-refractivity contribution in [1.82, 2.24) is 30.0 Å². The lowest BCUT2D eigenvalue weighted by Crippen LogP contribution is -2.46. The Hall–Kier alpha value is -2.69. The van der Waals surface area contributed by atoms with Crippen LogP contribution in [0.25, 0.3) is 31.5 Å². The number of aromatic amines is 1. The number of hydrogen-bond donors (Lipinski definition) is 1. The SMILES string of the molecule is CC1CC(N(C)c2nc3sc(-c4ncc(-c5cn[nH]c5)c5c4N=CC5)nc3s2)CCN1C. The van der Waals surface area contributed by atoms with Gasteiger partial charge in [0.05, 0.1) is 11.9 Å². The van der Waals surface area contributed by atoms with Crippen molar-refractivity contribution in [1.29, 1.82) is 0 Å². The van der Waals surface area contributed by atoms with E-state index in [9.17, 15) is 0 Å². The number of anilines is 1. The van der Waals surface area contributed by atoms with E-state index in [0.29, 0.717) is 12.1 Å². The van der Waals surface area contributed by atoms with Crippen molar-refractivity contribution in [3.8, 4) is 21.8 Å². The van der Waals surface area contributed by atoms with Gasteiger partial charge in [0, 0.05) is 61.8 Å². The fourth-order valence-electron chi connectivity index (χ4n) is 4.57. The Morgan fingerprint density at radius 1 is 1.19 bits per heavy atom. The molecule has 0 aromatic carbocycles. The Bertz CT molecular complexity index is 1270. The number of thiazole rings is 2. The molecule has 0 spiro atoms. The van der Waals surface area contributed by atoms with Crippen molar-refractivity contribution in [3.05, 3.63) is 24.2 Å². The van der Waals surface area contributed by atoms with Crippen molar-refractivity contribution in [3.63, 3.8) is 0 Å². The van der Waals surface area contributed by atoms with E-state index in [1.807, 2.05) is 24.8 Å². The first kappa shape index (κ1) is 20.0. The Labute approximate surface area is 194 Å². The largest absolute Gasteiger partial charge is 0.348 e. The standard InChI is InChI=1S/C22H24N8S2/c1-12-8-14(5-7-29(12)2)30(3)22-28-21-20(32-22)27-19(31-21)18-17-15(4-6-23-17)16(11-24-18)13-9-25-26-10-13/h6,9-12,14H,4-5,7-8H2,1-3H3,(H,25,26). The van der Waals surface area contributed by atoms with E-state index in [0.717, 1.165) is 61.7 Å². The molecule has 2 unspecified atom stereocenters. The molecule has 8 nitrogen and oxygen atoms in total. The number of piperidine rings is 1. The molecule has 2 aliphatic rings. The smallest absolute Gasteiger partial charge is 0.188 e. The zero-order chi connectivity index (χ0) is 21.8. The lowest BCUT2D eigenvalue weighted by atomic mass is 9.98. The number of H-pyrrole nitrogens is 1. The lowest BCUT2D eigenvalue weighted by Gasteiger charge is -2.39. The fourth-order valence-corrected chi connectivity index (χ4v) is 6.64. The van der Waals surface area contributed by atoms with Gasteiger partial charge in [-0.15, -0.1) is 0 Å². The molecule has 1 fully saturated rings. The Morgan fingerprint density at radius 3 is 2.84 bits per heavy atom. The number of hydrogen-bond acceptors (Lipinski definition) is 9. The minimum absolute atomic E-state index is 0.524. The molecule has 32 heavy (non-hydrogen) atoms. The Kier molecular flexibility index (Phi) is 4.81. The van der Waals surface area contributed by atoms with Crippen LogP contribution in [-0.4, -0.2) is 69.0 Å². The molecule has 2 aliphatic heterocycles. The quantitative estimate of drug-likeness (QED) is 0.482. The predicted molar refractivity (Wildman–Crippen MR) is 131 cm³/mol.